The second-order valence-electron chi connectivity index (χ2n) is 4.21. The first-order valence-corrected chi connectivity index (χ1v) is 8.35. The topological polar surface area (TPSA) is 97.1 Å². The monoisotopic (exact) mass is 316 g/mol. The van der Waals surface area contributed by atoms with Gasteiger partial charge in [0.2, 0.25) is 10.0 Å². The minimum absolute atomic E-state index is 0.0452. The predicted octanol–water partition coefficient (Wildman–Crippen LogP) is 0.509. The van der Waals surface area contributed by atoms with Gasteiger partial charge in [0.05, 0.1) is 12.7 Å². The lowest BCUT2D eigenvalue weighted by atomic mass is 10.5. The Morgan fingerprint density at radius 1 is 1.45 bits per heavy atom. The summed E-state index contributed by atoms with van der Waals surface area (Å²) in [6.07, 6.45) is 4.99. The van der Waals surface area contributed by atoms with Crippen LogP contribution in [0.2, 0.25) is 0 Å². The van der Waals surface area contributed by atoms with Gasteiger partial charge in [-0.25, -0.2) is 18.1 Å². The van der Waals surface area contributed by atoms with Crippen molar-refractivity contribution in [3.05, 3.63) is 28.5 Å². The van der Waals surface area contributed by atoms with Crippen LogP contribution in [0.15, 0.2) is 23.5 Å². The molecule has 0 spiro atoms. The van der Waals surface area contributed by atoms with Gasteiger partial charge in [0, 0.05) is 30.4 Å². The number of aliphatic hydroxyl groups excluding tert-OH is 1. The molecule has 0 fully saturated rings. The lowest BCUT2D eigenvalue weighted by molar-refractivity contribution is 0.277. The van der Waals surface area contributed by atoms with Crippen LogP contribution >= 0.6 is 11.3 Å². The van der Waals surface area contributed by atoms with Crippen molar-refractivity contribution in [2.75, 3.05) is 6.61 Å². The predicted molar refractivity (Wildman–Crippen MR) is 74.8 cm³/mol. The summed E-state index contributed by atoms with van der Waals surface area (Å²) in [5.41, 5.74) is 0. The Labute approximate surface area is 121 Å². The molecule has 2 aromatic heterocycles. The zero-order valence-corrected chi connectivity index (χ0v) is 12.6. The van der Waals surface area contributed by atoms with E-state index in [2.05, 4.69) is 14.8 Å². The van der Waals surface area contributed by atoms with E-state index in [1.165, 1.54) is 28.4 Å². The first kappa shape index (κ1) is 15.1. The van der Waals surface area contributed by atoms with Crippen LogP contribution in [0.4, 0.5) is 0 Å². The van der Waals surface area contributed by atoms with E-state index in [0.717, 1.165) is 9.88 Å². The third-order valence-electron chi connectivity index (χ3n) is 2.55. The molecular formula is C11H16N4O3S2. The van der Waals surface area contributed by atoms with Gasteiger partial charge in [0.1, 0.15) is 9.90 Å². The van der Waals surface area contributed by atoms with Crippen LogP contribution in [0.1, 0.15) is 16.3 Å². The van der Waals surface area contributed by atoms with Crippen LogP contribution in [0.3, 0.4) is 0 Å². The summed E-state index contributed by atoms with van der Waals surface area (Å²) in [7, 11) is -3.58. The number of aryl methyl sites for hydroxylation is 2. The third-order valence-corrected chi connectivity index (χ3v) is 4.82. The molecule has 0 unspecified atom stereocenters. The van der Waals surface area contributed by atoms with Crippen molar-refractivity contribution in [3.63, 3.8) is 0 Å². The molecule has 0 aromatic carbocycles. The van der Waals surface area contributed by atoms with Crippen molar-refractivity contribution in [1.82, 2.24) is 19.5 Å². The van der Waals surface area contributed by atoms with E-state index in [1.807, 2.05) is 6.92 Å². The number of rotatable bonds is 7. The highest BCUT2D eigenvalue weighted by atomic mass is 32.2. The zero-order valence-electron chi connectivity index (χ0n) is 11.0. The van der Waals surface area contributed by atoms with Crippen molar-refractivity contribution < 1.29 is 13.5 Å². The van der Waals surface area contributed by atoms with Crippen molar-refractivity contribution >= 4 is 21.4 Å². The van der Waals surface area contributed by atoms with E-state index >= 15 is 0 Å². The second kappa shape index (κ2) is 6.44. The molecule has 2 heterocycles. The van der Waals surface area contributed by atoms with E-state index in [1.54, 1.807) is 6.20 Å². The summed E-state index contributed by atoms with van der Waals surface area (Å²) in [4.78, 5) is 5.25. The number of sulfonamides is 1. The zero-order chi connectivity index (χ0) is 14.6. The van der Waals surface area contributed by atoms with Gasteiger partial charge < -0.3 is 5.11 Å². The maximum absolute atomic E-state index is 12.1. The molecule has 0 atom stereocenters. The van der Waals surface area contributed by atoms with Gasteiger partial charge in [-0.15, -0.1) is 11.3 Å². The first-order valence-electron chi connectivity index (χ1n) is 6.05. The van der Waals surface area contributed by atoms with Crippen molar-refractivity contribution in [3.8, 4) is 0 Å². The summed E-state index contributed by atoms with van der Waals surface area (Å²) in [6.45, 7) is 2.62. The van der Waals surface area contributed by atoms with Crippen LogP contribution in [0, 0.1) is 6.92 Å². The van der Waals surface area contributed by atoms with Crippen LogP contribution < -0.4 is 4.72 Å². The van der Waals surface area contributed by atoms with Gasteiger partial charge in [0.25, 0.3) is 0 Å². The van der Waals surface area contributed by atoms with Gasteiger partial charge in [-0.1, -0.05) is 0 Å². The minimum atomic E-state index is -3.58. The molecule has 0 radical (unpaired) electrons. The maximum Gasteiger partial charge on any atom is 0.244 e. The summed E-state index contributed by atoms with van der Waals surface area (Å²) in [5.74, 6) is 0. The highest BCUT2D eigenvalue weighted by Gasteiger charge is 2.16. The number of nitrogens with one attached hydrogen (secondary N) is 1. The second-order valence-corrected chi connectivity index (χ2v) is 7.29. The fraction of sp³-hybridized carbons (Fsp3) is 0.455. The molecule has 0 amide bonds. The molecule has 0 saturated heterocycles. The van der Waals surface area contributed by atoms with Crippen molar-refractivity contribution in [1.29, 1.82) is 0 Å². The fourth-order valence-electron chi connectivity index (χ4n) is 1.56. The van der Waals surface area contributed by atoms with Crippen LogP contribution in [0.25, 0.3) is 0 Å². The molecule has 2 rings (SSSR count). The highest BCUT2D eigenvalue weighted by molar-refractivity contribution is 7.89. The SMILES string of the molecule is Cc1cnc(CNS(=O)(=O)c2cnn(CCCO)c2)s1. The average molecular weight is 316 g/mol. The molecule has 110 valence electrons. The largest absolute Gasteiger partial charge is 0.396 e. The normalized spacial score (nSPS) is 11.9. The Bertz CT molecular complexity index is 663. The third kappa shape index (κ3) is 3.85. The van der Waals surface area contributed by atoms with E-state index in [9.17, 15) is 8.42 Å². The fourth-order valence-corrected chi connectivity index (χ4v) is 3.32. The van der Waals surface area contributed by atoms with E-state index in [0.29, 0.717) is 13.0 Å². The number of hydrogen-bond acceptors (Lipinski definition) is 6. The van der Waals surface area contributed by atoms with Gasteiger partial charge >= 0.3 is 0 Å². The maximum atomic E-state index is 12.1. The van der Waals surface area contributed by atoms with Crippen molar-refractivity contribution in [2.24, 2.45) is 0 Å². The Kier molecular flexibility index (Phi) is 4.86. The lowest BCUT2D eigenvalue weighted by Crippen LogP contribution is -2.22. The molecule has 0 saturated carbocycles. The average Bonchev–Trinajstić information content (AvgIpc) is 3.03. The Morgan fingerprint density at radius 2 is 2.25 bits per heavy atom. The standard InChI is InChI=1S/C11H16N4O3S2/c1-9-5-12-11(19-9)7-14-20(17,18)10-6-13-15(8-10)3-2-4-16/h5-6,8,14,16H,2-4,7H2,1H3. The summed E-state index contributed by atoms with van der Waals surface area (Å²) in [6, 6.07) is 0. The summed E-state index contributed by atoms with van der Waals surface area (Å²) in [5, 5.41) is 13.4. The lowest BCUT2D eigenvalue weighted by Gasteiger charge is -2.02. The van der Waals surface area contributed by atoms with E-state index in [-0.39, 0.29) is 18.0 Å². The van der Waals surface area contributed by atoms with Crippen LogP contribution in [-0.4, -0.2) is 34.9 Å². The molecule has 20 heavy (non-hydrogen) atoms. The first-order chi connectivity index (χ1) is 9.51. The summed E-state index contributed by atoms with van der Waals surface area (Å²) >= 11 is 1.45. The molecule has 2 N–H and O–H groups in total. The van der Waals surface area contributed by atoms with Crippen LogP contribution in [-0.2, 0) is 23.1 Å². The number of thiazole rings is 1. The van der Waals surface area contributed by atoms with Gasteiger partial charge in [-0.2, -0.15) is 5.10 Å². The Balaban J connectivity index is 2.00. The number of nitrogens with zero attached hydrogens (tertiary/aromatic N) is 3. The summed E-state index contributed by atoms with van der Waals surface area (Å²) < 4.78 is 28.1. The Hall–Kier alpha value is -1.29. The minimum Gasteiger partial charge on any atom is -0.396 e. The molecule has 7 nitrogen and oxygen atoms in total. The molecule has 9 heteroatoms. The molecule has 2 aromatic rings. The molecular weight excluding hydrogens is 300 g/mol. The number of aromatic nitrogens is 3. The van der Waals surface area contributed by atoms with Crippen LogP contribution in [0.5, 0.6) is 0 Å². The van der Waals surface area contributed by atoms with Crippen molar-refractivity contribution in [2.45, 2.75) is 31.3 Å². The number of hydrogen-bond donors (Lipinski definition) is 2. The van der Waals surface area contributed by atoms with Gasteiger partial charge in [-0.3, -0.25) is 4.68 Å². The molecule has 0 aliphatic heterocycles. The highest BCUT2D eigenvalue weighted by Crippen LogP contribution is 2.13. The molecule has 0 aliphatic rings. The van der Waals surface area contributed by atoms with E-state index < -0.39 is 10.0 Å². The Morgan fingerprint density at radius 3 is 2.90 bits per heavy atom. The van der Waals surface area contributed by atoms with Gasteiger partial charge in [0.15, 0.2) is 0 Å². The van der Waals surface area contributed by atoms with Gasteiger partial charge in [-0.05, 0) is 13.3 Å². The quantitative estimate of drug-likeness (QED) is 0.775. The van der Waals surface area contributed by atoms with E-state index in [4.69, 9.17) is 5.11 Å². The molecule has 0 bridgehead atoms. The number of aliphatic hydroxyl groups is 1. The molecule has 0 aliphatic carbocycles. The smallest absolute Gasteiger partial charge is 0.244 e.